The number of rotatable bonds is 9. The molecule has 1 fully saturated rings. The lowest BCUT2D eigenvalue weighted by molar-refractivity contribution is -0.172. The van der Waals surface area contributed by atoms with E-state index in [0.29, 0.717) is 6.42 Å². The van der Waals surface area contributed by atoms with Crippen LogP contribution in [0.5, 0.6) is 0 Å². The summed E-state index contributed by atoms with van der Waals surface area (Å²) in [6.45, 7) is 12.3. The Morgan fingerprint density at radius 1 is 1.26 bits per heavy atom. The highest BCUT2D eigenvalue weighted by Gasteiger charge is 2.45. The summed E-state index contributed by atoms with van der Waals surface area (Å²) in [4.78, 5) is 24.3. The van der Waals surface area contributed by atoms with Gasteiger partial charge in [0.15, 0.2) is 6.10 Å². The lowest BCUT2D eigenvalue weighted by Crippen LogP contribution is -2.52. The quantitative estimate of drug-likeness (QED) is 0.147. The average Bonchev–Trinajstić information content (AvgIpc) is 3.61. The molecule has 0 aliphatic carbocycles. The fourth-order valence-electron chi connectivity index (χ4n) is 5.01. The van der Waals surface area contributed by atoms with Gasteiger partial charge in [0, 0.05) is 25.2 Å². The van der Waals surface area contributed by atoms with Gasteiger partial charge in [0.25, 0.3) is 0 Å². The van der Waals surface area contributed by atoms with E-state index < -0.39 is 42.0 Å². The summed E-state index contributed by atoms with van der Waals surface area (Å²) in [5.41, 5.74) is -1.12. The maximum atomic E-state index is 12.6. The molecule has 222 valence electrons. The molecule has 4 N–H and O–H groups in total. The van der Waals surface area contributed by atoms with Crippen molar-refractivity contribution in [2.45, 2.75) is 122 Å². The number of hydrogen-bond acceptors (Lipinski definition) is 9. The fraction of sp³-hybridized carbons (Fsp3) is 0.733. The largest absolute Gasteiger partial charge is 0.457 e. The smallest absolute Gasteiger partial charge is 0.309 e. The molecule has 2 rings (SSSR count). The predicted molar refractivity (Wildman–Crippen MR) is 146 cm³/mol. The van der Waals surface area contributed by atoms with Crippen LogP contribution in [0.15, 0.2) is 36.0 Å². The van der Waals surface area contributed by atoms with E-state index >= 15 is 0 Å². The van der Waals surface area contributed by atoms with Crippen LogP contribution in [0.4, 0.5) is 0 Å². The Kier molecular flexibility index (Phi) is 12.4. The van der Waals surface area contributed by atoms with Crippen LogP contribution in [0.3, 0.4) is 0 Å². The molecule has 11 atom stereocenters. The van der Waals surface area contributed by atoms with E-state index in [2.05, 4.69) is 13.0 Å². The standard InChI is InChI=1S/C30H48O9/c1-8-23(33)20(5)29-24(38-29)14-17(2)10-9-11-18(3)28-19(4)12-13-26(37-21(6)31)30(7,36)25(34)15-22(32)16-27(35)39-28/h9-13,17,19-20,22-26,28-29,32-34,36H,8,14-16H2,1-7H3/b10-9+,13-12+,18-11+. The Labute approximate surface area is 232 Å². The molecule has 2 aliphatic rings. The Bertz CT molecular complexity index is 908. The number of ether oxygens (including phenoxy) is 3. The van der Waals surface area contributed by atoms with Gasteiger partial charge in [0.05, 0.1) is 36.9 Å². The summed E-state index contributed by atoms with van der Waals surface area (Å²) in [5.74, 6) is -1.28. The molecule has 39 heavy (non-hydrogen) atoms. The van der Waals surface area contributed by atoms with E-state index in [-0.39, 0.29) is 48.9 Å². The van der Waals surface area contributed by atoms with Crippen LogP contribution in [0, 0.1) is 17.8 Å². The van der Waals surface area contributed by atoms with Crippen LogP contribution < -0.4 is 0 Å². The number of esters is 2. The van der Waals surface area contributed by atoms with Gasteiger partial charge in [-0.05, 0) is 44.3 Å². The monoisotopic (exact) mass is 552 g/mol. The zero-order valence-electron chi connectivity index (χ0n) is 24.3. The summed E-state index contributed by atoms with van der Waals surface area (Å²) in [6.07, 6.45) is 5.23. The third kappa shape index (κ3) is 9.83. The van der Waals surface area contributed by atoms with Crippen LogP contribution >= 0.6 is 0 Å². The van der Waals surface area contributed by atoms with E-state index in [4.69, 9.17) is 14.2 Å². The molecule has 2 aliphatic heterocycles. The molecular weight excluding hydrogens is 504 g/mol. The topological polar surface area (TPSA) is 146 Å². The van der Waals surface area contributed by atoms with Crippen LogP contribution in [0.2, 0.25) is 0 Å². The Morgan fingerprint density at radius 2 is 1.92 bits per heavy atom. The number of epoxide rings is 1. The maximum absolute atomic E-state index is 12.6. The molecule has 0 aromatic carbocycles. The number of hydrogen-bond donors (Lipinski definition) is 4. The molecule has 9 heteroatoms. The van der Waals surface area contributed by atoms with Crippen molar-refractivity contribution >= 4 is 11.9 Å². The number of carbonyl (C=O) groups is 2. The Balaban J connectivity index is 2.16. The maximum Gasteiger partial charge on any atom is 0.309 e. The van der Waals surface area contributed by atoms with Crippen molar-refractivity contribution in [2.24, 2.45) is 17.8 Å². The van der Waals surface area contributed by atoms with Gasteiger partial charge >= 0.3 is 11.9 Å². The van der Waals surface area contributed by atoms with Gasteiger partial charge in [-0.2, -0.15) is 0 Å². The molecule has 0 spiro atoms. The lowest BCUT2D eigenvalue weighted by atomic mass is 9.86. The van der Waals surface area contributed by atoms with E-state index in [0.717, 1.165) is 12.0 Å². The second kappa shape index (κ2) is 14.6. The van der Waals surface area contributed by atoms with E-state index in [9.17, 15) is 30.0 Å². The normalized spacial score (nSPS) is 37.7. The van der Waals surface area contributed by atoms with E-state index in [1.165, 1.54) is 19.9 Å². The minimum absolute atomic E-state index is 0.0874. The number of allylic oxidation sites excluding steroid dienone is 3. The van der Waals surface area contributed by atoms with E-state index in [1.54, 1.807) is 6.08 Å². The first-order chi connectivity index (χ1) is 18.2. The minimum Gasteiger partial charge on any atom is -0.457 e. The van der Waals surface area contributed by atoms with Crippen molar-refractivity contribution in [3.8, 4) is 0 Å². The van der Waals surface area contributed by atoms with Crippen molar-refractivity contribution in [3.05, 3.63) is 36.0 Å². The second-order valence-corrected chi connectivity index (χ2v) is 11.5. The van der Waals surface area contributed by atoms with Gasteiger partial charge < -0.3 is 34.6 Å². The van der Waals surface area contributed by atoms with Crippen LogP contribution in [0.25, 0.3) is 0 Å². The minimum atomic E-state index is -1.89. The molecule has 0 aromatic rings. The van der Waals surface area contributed by atoms with Gasteiger partial charge in [-0.15, -0.1) is 0 Å². The number of carbonyl (C=O) groups excluding carboxylic acids is 2. The highest BCUT2D eigenvalue weighted by molar-refractivity contribution is 5.70. The third-order valence-corrected chi connectivity index (χ3v) is 7.78. The zero-order valence-corrected chi connectivity index (χ0v) is 24.3. The molecule has 2 heterocycles. The highest BCUT2D eigenvalue weighted by atomic mass is 16.6. The first kappa shape index (κ1) is 33.2. The van der Waals surface area contributed by atoms with Crippen molar-refractivity contribution in [1.29, 1.82) is 0 Å². The third-order valence-electron chi connectivity index (χ3n) is 7.78. The van der Waals surface area contributed by atoms with Gasteiger partial charge in [0.2, 0.25) is 0 Å². The van der Waals surface area contributed by atoms with Crippen molar-refractivity contribution in [2.75, 3.05) is 0 Å². The molecule has 0 radical (unpaired) electrons. The van der Waals surface area contributed by atoms with Crippen molar-refractivity contribution in [3.63, 3.8) is 0 Å². The second-order valence-electron chi connectivity index (χ2n) is 11.5. The van der Waals surface area contributed by atoms with Gasteiger partial charge in [0.1, 0.15) is 11.7 Å². The van der Waals surface area contributed by atoms with Gasteiger partial charge in [-0.1, -0.05) is 52.0 Å². The van der Waals surface area contributed by atoms with Crippen molar-refractivity contribution < 1.29 is 44.2 Å². The van der Waals surface area contributed by atoms with Crippen LogP contribution in [-0.4, -0.2) is 80.7 Å². The number of cyclic esters (lactones) is 1. The molecule has 0 amide bonds. The molecule has 0 bridgehead atoms. The van der Waals surface area contributed by atoms with E-state index in [1.807, 2.05) is 39.8 Å². The predicted octanol–water partition coefficient (Wildman–Crippen LogP) is 2.99. The Hall–Kier alpha value is -2.04. The summed E-state index contributed by atoms with van der Waals surface area (Å²) < 4.78 is 16.8. The summed E-state index contributed by atoms with van der Waals surface area (Å²) in [5, 5.41) is 41.9. The molecule has 1 saturated heterocycles. The number of aliphatic hydroxyl groups excluding tert-OH is 3. The summed E-state index contributed by atoms with van der Waals surface area (Å²) >= 11 is 0. The molecule has 9 nitrogen and oxygen atoms in total. The summed E-state index contributed by atoms with van der Waals surface area (Å²) in [6, 6.07) is 0. The van der Waals surface area contributed by atoms with Gasteiger partial charge in [-0.3, -0.25) is 9.59 Å². The number of aliphatic hydroxyl groups is 4. The molecule has 0 saturated carbocycles. The first-order valence-electron chi connectivity index (χ1n) is 14.0. The fourth-order valence-corrected chi connectivity index (χ4v) is 5.01. The zero-order chi connectivity index (χ0) is 29.5. The molecular formula is C30H48O9. The Morgan fingerprint density at radius 3 is 2.54 bits per heavy atom. The average molecular weight is 553 g/mol. The van der Waals surface area contributed by atoms with Gasteiger partial charge in [-0.25, -0.2) is 0 Å². The first-order valence-corrected chi connectivity index (χ1v) is 14.0. The molecule has 0 aromatic heterocycles. The lowest BCUT2D eigenvalue weighted by Gasteiger charge is -2.36. The highest BCUT2D eigenvalue weighted by Crippen LogP contribution is 2.36. The summed E-state index contributed by atoms with van der Waals surface area (Å²) in [7, 11) is 0. The van der Waals surface area contributed by atoms with Crippen molar-refractivity contribution in [1.82, 2.24) is 0 Å². The molecule has 11 unspecified atom stereocenters. The van der Waals surface area contributed by atoms with Crippen LogP contribution in [-0.2, 0) is 23.8 Å². The van der Waals surface area contributed by atoms with Crippen LogP contribution in [0.1, 0.15) is 74.1 Å². The SMILES string of the molecule is CCC(O)C(C)C1OC1CC(C)/C=C/C=C(\C)C1OC(=O)CC(O)CC(O)C(C)(O)C(OC(C)=O)/C=C/C1C.